The highest BCUT2D eigenvalue weighted by Crippen LogP contribution is 2.33. The van der Waals surface area contributed by atoms with Crippen LogP contribution in [0.3, 0.4) is 0 Å². The lowest BCUT2D eigenvalue weighted by Crippen LogP contribution is -2.01. The summed E-state index contributed by atoms with van der Waals surface area (Å²) >= 11 is 0. The largest absolute Gasteiger partial charge is 0.495 e. The number of nitrogens with zero attached hydrogens (tertiary/aromatic N) is 6. The first kappa shape index (κ1) is 16.9. The maximum absolute atomic E-state index is 5.81. The molecule has 1 aromatic carbocycles. The molecular formula is C20H15N7O2. The van der Waals surface area contributed by atoms with Crippen LogP contribution in [0.2, 0.25) is 0 Å². The Balaban J connectivity index is 1.46. The lowest BCUT2D eigenvalue weighted by atomic mass is 10.2. The van der Waals surface area contributed by atoms with E-state index in [0.717, 1.165) is 5.56 Å². The Labute approximate surface area is 165 Å². The molecule has 0 aliphatic carbocycles. The predicted octanol–water partition coefficient (Wildman–Crippen LogP) is 3.62. The summed E-state index contributed by atoms with van der Waals surface area (Å²) in [5.41, 5.74) is 2.70. The molecule has 0 aliphatic rings. The number of fused-ring (bicyclic) bond motifs is 1. The van der Waals surface area contributed by atoms with Gasteiger partial charge in [-0.25, -0.2) is 9.97 Å². The van der Waals surface area contributed by atoms with Gasteiger partial charge in [-0.15, -0.1) is 10.2 Å². The van der Waals surface area contributed by atoms with Gasteiger partial charge in [0.25, 0.3) is 0 Å². The number of anilines is 2. The van der Waals surface area contributed by atoms with Crippen molar-refractivity contribution in [3.63, 3.8) is 0 Å². The molecule has 0 spiro atoms. The summed E-state index contributed by atoms with van der Waals surface area (Å²) in [5, 5.41) is 11.7. The second-order valence-electron chi connectivity index (χ2n) is 6.13. The summed E-state index contributed by atoms with van der Waals surface area (Å²) < 4.78 is 13.1. The lowest BCUT2D eigenvalue weighted by molar-refractivity contribution is 0.417. The molecule has 5 rings (SSSR count). The fraction of sp³-hybridized carbons (Fsp3) is 0.0500. The molecule has 0 aliphatic heterocycles. The van der Waals surface area contributed by atoms with Crippen LogP contribution in [0.5, 0.6) is 5.75 Å². The predicted molar refractivity (Wildman–Crippen MR) is 106 cm³/mol. The minimum Gasteiger partial charge on any atom is -0.495 e. The van der Waals surface area contributed by atoms with E-state index in [1.54, 1.807) is 36.6 Å². The van der Waals surface area contributed by atoms with Crippen molar-refractivity contribution in [1.29, 1.82) is 0 Å². The zero-order valence-corrected chi connectivity index (χ0v) is 15.4. The molecule has 1 N–H and O–H groups in total. The van der Waals surface area contributed by atoms with Crippen LogP contribution in [0.15, 0.2) is 71.8 Å². The van der Waals surface area contributed by atoms with Gasteiger partial charge in [-0.3, -0.25) is 4.57 Å². The minimum atomic E-state index is 0.478. The van der Waals surface area contributed by atoms with Gasteiger partial charge in [-0.2, -0.15) is 4.98 Å². The highest BCUT2D eigenvalue weighted by Gasteiger charge is 2.13. The Bertz CT molecular complexity index is 1230. The van der Waals surface area contributed by atoms with Gasteiger partial charge in [-0.1, -0.05) is 0 Å². The van der Waals surface area contributed by atoms with E-state index in [2.05, 4.69) is 30.5 Å². The van der Waals surface area contributed by atoms with E-state index in [4.69, 9.17) is 9.15 Å². The highest BCUT2D eigenvalue weighted by molar-refractivity contribution is 5.75. The zero-order chi connectivity index (χ0) is 19.6. The van der Waals surface area contributed by atoms with Crippen molar-refractivity contribution in [3.05, 3.63) is 67.4 Å². The SMILES string of the molecule is COc1ccc(-c2nc3ncccc3o2)cc1Nc1ccc(-n2ccnc2)nn1. The number of benzene rings is 1. The number of methoxy groups -OCH3 is 1. The van der Waals surface area contributed by atoms with Gasteiger partial charge >= 0.3 is 0 Å². The number of ether oxygens (including phenoxy) is 1. The van der Waals surface area contributed by atoms with Gasteiger partial charge in [-0.05, 0) is 42.5 Å². The smallest absolute Gasteiger partial charge is 0.228 e. The fourth-order valence-electron chi connectivity index (χ4n) is 2.89. The van der Waals surface area contributed by atoms with Crippen molar-refractivity contribution >= 4 is 22.7 Å². The van der Waals surface area contributed by atoms with E-state index >= 15 is 0 Å². The molecule has 9 nitrogen and oxygen atoms in total. The Morgan fingerprint density at radius 2 is 2.03 bits per heavy atom. The summed E-state index contributed by atoms with van der Waals surface area (Å²) in [6, 6.07) is 12.9. The molecule has 5 aromatic rings. The number of oxazole rings is 1. The molecule has 4 heterocycles. The molecule has 0 unspecified atom stereocenters. The van der Waals surface area contributed by atoms with E-state index < -0.39 is 0 Å². The van der Waals surface area contributed by atoms with Crippen molar-refractivity contribution < 1.29 is 9.15 Å². The van der Waals surface area contributed by atoms with Crippen molar-refractivity contribution in [2.75, 3.05) is 12.4 Å². The van der Waals surface area contributed by atoms with Gasteiger partial charge in [0.05, 0.1) is 12.8 Å². The minimum absolute atomic E-state index is 0.478. The van der Waals surface area contributed by atoms with Crippen LogP contribution in [0.4, 0.5) is 11.5 Å². The Kier molecular flexibility index (Phi) is 4.10. The Morgan fingerprint density at radius 3 is 2.79 bits per heavy atom. The average molecular weight is 385 g/mol. The van der Waals surface area contributed by atoms with E-state index in [9.17, 15) is 0 Å². The number of pyridine rings is 1. The van der Waals surface area contributed by atoms with Gasteiger partial charge in [0.1, 0.15) is 12.1 Å². The normalized spacial score (nSPS) is 10.9. The van der Waals surface area contributed by atoms with Crippen molar-refractivity contribution in [2.24, 2.45) is 0 Å². The summed E-state index contributed by atoms with van der Waals surface area (Å²) in [7, 11) is 1.61. The maximum atomic E-state index is 5.81. The molecule has 0 fully saturated rings. The number of hydrogen-bond donors (Lipinski definition) is 1. The third-order valence-electron chi connectivity index (χ3n) is 4.29. The Hall–Kier alpha value is -4.27. The lowest BCUT2D eigenvalue weighted by Gasteiger charge is -2.11. The average Bonchev–Trinajstić information content (AvgIpc) is 3.44. The van der Waals surface area contributed by atoms with Crippen LogP contribution in [-0.2, 0) is 0 Å². The fourth-order valence-corrected chi connectivity index (χ4v) is 2.89. The number of imidazole rings is 1. The summed E-state index contributed by atoms with van der Waals surface area (Å²) in [5.74, 6) is 2.38. The zero-order valence-electron chi connectivity index (χ0n) is 15.4. The molecule has 29 heavy (non-hydrogen) atoms. The second-order valence-corrected chi connectivity index (χ2v) is 6.13. The van der Waals surface area contributed by atoms with Crippen molar-refractivity contribution in [3.8, 4) is 23.0 Å². The van der Waals surface area contributed by atoms with Gasteiger partial charge in [0.2, 0.25) is 5.89 Å². The van der Waals surface area contributed by atoms with Crippen LogP contribution >= 0.6 is 0 Å². The third-order valence-corrected chi connectivity index (χ3v) is 4.29. The summed E-state index contributed by atoms with van der Waals surface area (Å²) in [4.78, 5) is 12.7. The molecule has 4 aromatic heterocycles. The maximum Gasteiger partial charge on any atom is 0.228 e. The van der Waals surface area contributed by atoms with Crippen LogP contribution in [-0.4, -0.2) is 36.8 Å². The van der Waals surface area contributed by atoms with Crippen LogP contribution in [0.1, 0.15) is 0 Å². The summed E-state index contributed by atoms with van der Waals surface area (Å²) in [6.45, 7) is 0. The summed E-state index contributed by atoms with van der Waals surface area (Å²) in [6.07, 6.45) is 6.84. The van der Waals surface area contributed by atoms with Crippen molar-refractivity contribution in [1.82, 2.24) is 29.7 Å². The molecule has 0 saturated heterocycles. The molecule has 0 saturated carbocycles. The molecule has 9 heteroatoms. The first-order valence-corrected chi connectivity index (χ1v) is 8.79. The molecule has 0 amide bonds. The third kappa shape index (κ3) is 3.25. The standard InChI is InChI=1S/C20H15N7O2/c1-28-15-5-4-13(20-24-19-16(29-20)3-2-8-22-19)11-14(15)23-17-6-7-18(26-25-17)27-10-9-21-12-27/h2-12H,1H3,(H,23,25). The van der Waals surface area contributed by atoms with Gasteiger partial charge in [0, 0.05) is 24.2 Å². The van der Waals surface area contributed by atoms with Gasteiger partial charge in [0.15, 0.2) is 22.9 Å². The van der Waals surface area contributed by atoms with Crippen LogP contribution < -0.4 is 10.1 Å². The number of hydrogen-bond acceptors (Lipinski definition) is 8. The van der Waals surface area contributed by atoms with E-state index in [1.807, 2.05) is 42.5 Å². The van der Waals surface area contributed by atoms with Crippen LogP contribution in [0.25, 0.3) is 28.5 Å². The van der Waals surface area contributed by atoms with Crippen molar-refractivity contribution in [2.45, 2.75) is 0 Å². The first-order chi connectivity index (χ1) is 14.3. The Morgan fingerprint density at radius 1 is 1.07 bits per heavy atom. The number of nitrogens with one attached hydrogen (secondary N) is 1. The first-order valence-electron chi connectivity index (χ1n) is 8.79. The monoisotopic (exact) mass is 385 g/mol. The quantitative estimate of drug-likeness (QED) is 0.489. The molecule has 0 radical (unpaired) electrons. The van der Waals surface area contributed by atoms with E-state index in [0.29, 0.717) is 40.2 Å². The molecule has 142 valence electrons. The number of rotatable bonds is 5. The topological polar surface area (TPSA) is 104 Å². The molecular weight excluding hydrogens is 370 g/mol. The van der Waals surface area contributed by atoms with Crippen LogP contribution in [0, 0.1) is 0 Å². The van der Waals surface area contributed by atoms with E-state index in [1.165, 1.54) is 0 Å². The number of aromatic nitrogens is 6. The van der Waals surface area contributed by atoms with Gasteiger partial charge < -0.3 is 14.5 Å². The van der Waals surface area contributed by atoms with E-state index in [-0.39, 0.29) is 0 Å². The molecule has 0 bridgehead atoms. The molecule has 0 atom stereocenters. The highest BCUT2D eigenvalue weighted by atomic mass is 16.5. The second kappa shape index (κ2) is 7.04.